The van der Waals surface area contributed by atoms with Gasteiger partial charge in [0.2, 0.25) is 11.5 Å². The van der Waals surface area contributed by atoms with Crippen LogP contribution in [0.2, 0.25) is 0 Å². The number of carbonyl (C=O) groups excluding carboxylic acids is 2. The van der Waals surface area contributed by atoms with Gasteiger partial charge in [0.1, 0.15) is 12.5 Å². The summed E-state index contributed by atoms with van der Waals surface area (Å²) in [7, 11) is 0. The van der Waals surface area contributed by atoms with Crippen molar-refractivity contribution < 1.29 is 24.5 Å². The maximum Gasteiger partial charge on any atom is 0.318 e. The van der Waals surface area contributed by atoms with Crippen molar-refractivity contribution >= 4 is 29.2 Å². The van der Waals surface area contributed by atoms with Crippen LogP contribution in [-0.2, 0) is 15.3 Å². The van der Waals surface area contributed by atoms with E-state index in [9.17, 15) is 19.8 Å². The van der Waals surface area contributed by atoms with Crippen molar-refractivity contribution in [3.8, 4) is 0 Å². The van der Waals surface area contributed by atoms with E-state index in [1.807, 2.05) is 6.92 Å². The summed E-state index contributed by atoms with van der Waals surface area (Å²) in [6.45, 7) is 3.69. The van der Waals surface area contributed by atoms with E-state index in [1.165, 1.54) is 19.1 Å². The van der Waals surface area contributed by atoms with Gasteiger partial charge >= 0.3 is 5.97 Å². The Hall–Kier alpha value is -1.70. The van der Waals surface area contributed by atoms with Crippen molar-refractivity contribution in [1.29, 1.82) is 0 Å². The summed E-state index contributed by atoms with van der Waals surface area (Å²) in [5.74, 6) is -1.23. The Balaban J connectivity index is 1.94. The standard InChI is InChI=1S/C17H19NO5S/c1-3-24-9-8-23-15(20)13-10(2)18-17(22)12-7-5-4-6-11(12)14(19)16(13,17)21/h4-7,13,21-22H,3,8-9H2,1-2H3/t13-,16+,17+/m0/s1. The highest BCUT2D eigenvalue weighted by Gasteiger charge is 2.72. The van der Waals surface area contributed by atoms with E-state index in [2.05, 4.69) is 4.99 Å². The molecule has 2 N–H and O–H groups in total. The first kappa shape index (κ1) is 17.1. The molecule has 0 radical (unpaired) electrons. The van der Waals surface area contributed by atoms with Crippen LogP contribution in [0, 0.1) is 5.92 Å². The molecule has 0 unspecified atom stereocenters. The van der Waals surface area contributed by atoms with Gasteiger partial charge in [0, 0.05) is 22.6 Å². The van der Waals surface area contributed by atoms with E-state index in [-0.39, 0.29) is 23.4 Å². The number of hydrogen-bond acceptors (Lipinski definition) is 7. The van der Waals surface area contributed by atoms with Crippen molar-refractivity contribution in [2.75, 3.05) is 18.1 Å². The van der Waals surface area contributed by atoms with Crippen LogP contribution < -0.4 is 0 Å². The lowest BCUT2D eigenvalue weighted by molar-refractivity contribution is -0.164. The molecule has 1 aliphatic heterocycles. The van der Waals surface area contributed by atoms with E-state index in [1.54, 1.807) is 23.9 Å². The number of esters is 1. The molecule has 1 aliphatic carbocycles. The molecular weight excluding hydrogens is 330 g/mol. The molecule has 0 fully saturated rings. The van der Waals surface area contributed by atoms with Crippen molar-refractivity contribution in [2.45, 2.75) is 25.2 Å². The molecule has 24 heavy (non-hydrogen) atoms. The van der Waals surface area contributed by atoms with E-state index in [0.29, 0.717) is 5.75 Å². The Morgan fingerprint density at radius 3 is 2.79 bits per heavy atom. The van der Waals surface area contributed by atoms with Gasteiger partial charge in [-0.05, 0) is 12.7 Å². The van der Waals surface area contributed by atoms with Gasteiger partial charge in [-0.2, -0.15) is 11.8 Å². The number of aliphatic hydroxyl groups is 2. The van der Waals surface area contributed by atoms with Gasteiger partial charge in [0.15, 0.2) is 5.60 Å². The number of benzene rings is 1. The maximum absolute atomic E-state index is 12.7. The Kier molecular flexibility index (Phi) is 4.27. The molecule has 128 valence electrons. The first-order valence-electron chi connectivity index (χ1n) is 7.77. The minimum atomic E-state index is -2.35. The fourth-order valence-corrected chi connectivity index (χ4v) is 3.91. The fraction of sp³-hybridized carbons (Fsp3) is 0.471. The number of carbonyl (C=O) groups is 2. The lowest BCUT2D eigenvalue weighted by Gasteiger charge is -2.31. The molecule has 1 aromatic carbocycles. The maximum atomic E-state index is 12.7. The van der Waals surface area contributed by atoms with Gasteiger partial charge in [-0.15, -0.1) is 0 Å². The summed E-state index contributed by atoms with van der Waals surface area (Å²) in [5.41, 5.74) is -3.91. The average molecular weight is 349 g/mol. The largest absolute Gasteiger partial charge is 0.464 e. The number of nitrogens with zero attached hydrogens (tertiary/aromatic N) is 1. The number of thioether (sulfide) groups is 1. The normalized spacial score (nSPS) is 30.8. The van der Waals surface area contributed by atoms with Crippen LogP contribution in [0.1, 0.15) is 29.8 Å². The predicted molar refractivity (Wildman–Crippen MR) is 90.2 cm³/mol. The lowest BCUT2D eigenvalue weighted by Crippen LogP contribution is -2.56. The molecule has 0 spiro atoms. The van der Waals surface area contributed by atoms with E-state index in [0.717, 1.165) is 5.75 Å². The summed E-state index contributed by atoms with van der Waals surface area (Å²) in [6, 6.07) is 6.33. The number of ether oxygens (including phenoxy) is 1. The number of aliphatic imine (C=N–C) groups is 1. The van der Waals surface area contributed by atoms with Crippen LogP contribution >= 0.6 is 11.8 Å². The van der Waals surface area contributed by atoms with Crippen LogP contribution in [0.25, 0.3) is 0 Å². The van der Waals surface area contributed by atoms with Crippen LogP contribution in [0.4, 0.5) is 0 Å². The molecule has 1 aromatic rings. The highest BCUT2D eigenvalue weighted by molar-refractivity contribution is 7.99. The summed E-state index contributed by atoms with van der Waals surface area (Å²) in [6.07, 6.45) is 0. The van der Waals surface area contributed by atoms with Crippen LogP contribution in [0.15, 0.2) is 29.3 Å². The zero-order valence-electron chi connectivity index (χ0n) is 13.5. The van der Waals surface area contributed by atoms with Crippen molar-refractivity contribution in [3.05, 3.63) is 35.4 Å². The Bertz CT molecular complexity index is 733. The van der Waals surface area contributed by atoms with E-state index < -0.39 is 29.0 Å². The first-order valence-corrected chi connectivity index (χ1v) is 8.93. The molecule has 0 saturated heterocycles. The third-order valence-electron chi connectivity index (χ3n) is 4.51. The average Bonchev–Trinajstić information content (AvgIpc) is 2.87. The first-order chi connectivity index (χ1) is 11.4. The quantitative estimate of drug-likeness (QED) is 0.611. The number of ketones is 1. The predicted octanol–water partition coefficient (Wildman–Crippen LogP) is 1.15. The van der Waals surface area contributed by atoms with Gasteiger partial charge in [-0.25, -0.2) is 0 Å². The third-order valence-corrected chi connectivity index (χ3v) is 5.37. The van der Waals surface area contributed by atoms with Crippen molar-refractivity contribution in [3.63, 3.8) is 0 Å². The molecule has 2 aliphatic rings. The van der Waals surface area contributed by atoms with Gasteiger partial charge in [0.05, 0.1) is 0 Å². The van der Waals surface area contributed by atoms with Crippen molar-refractivity contribution in [2.24, 2.45) is 10.9 Å². The van der Waals surface area contributed by atoms with Gasteiger partial charge in [0.25, 0.3) is 0 Å². The van der Waals surface area contributed by atoms with Gasteiger partial charge < -0.3 is 14.9 Å². The molecule has 3 atom stereocenters. The minimum absolute atomic E-state index is 0.177. The highest BCUT2D eigenvalue weighted by Crippen LogP contribution is 2.53. The molecule has 1 heterocycles. The summed E-state index contributed by atoms with van der Waals surface area (Å²) in [4.78, 5) is 29.3. The highest BCUT2D eigenvalue weighted by atomic mass is 32.2. The Morgan fingerprint density at radius 2 is 2.08 bits per heavy atom. The molecule has 7 heteroatoms. The number of fused-ring (bicyclic) bond motifs is 3. The number of hydrogen-bond donors (Lipinski definition) is 2. The zero-order chi connectivity index (χ0) is 17.5. The molecule has 0 aromatic heterocycles. The fourth-order valence-electron chi connectivity index (χ4n) is 3.42. The second-order valence-corrected chi connectivity index (χ2v) is 7.26. The van der Waals surface area contributed by atoms with E-state index in [4.69, 9.17) is 4.74 Å². The molecule has 0 saturated carbocycles. The molecular formula is C17H19NO5S. The van der Waals surface area contributed by atoms with Gasteiger partial charge in [-0.3, -0.25) is 14.6 Å². The van der Waals surface area contributed by atoms with Crippen LogP contribution in [-0.4, -0.2) is 51.4 Å². The minimum Gasteiger partial charge on any atom is -0.464 e. The Morgan fingerprint density at radius 1 is 1.38 bits per heavy atom. The molecule has 6 nitrogen and oxygen atoms in total. The van der Waals surface area contributed by atoms with E-state index >= 15 is 0 Å². The number of Topliss-reactive ketones (excluding diaryl/α,β-unsaturated/α-hetero) is 1. The van der Waals surface area contributed by atoms with Crippen LogP contribution in [0.5, 0.6) is 0 Å². The second-order valence-electron chi connectivity index (χ2n) is 5.86. The van der Waals surface area contributed by atoms with Gasteiger partial charge in [-0.1, -0.05) is 31.2 Å². The lowest BCUT2D eigenvalue weighted by atomic mass is 9.79. The molecule has 3 rings (SSSR count). The SMILES string of the molecule is CCSCCOC(=O)[C@@H]1C(C)=N[C@@]2(O)c3ccccc3C(=O)[C@]12O. The summed E-state index contributed by atoms with van der Waals surface area (Å²) >= 11 is 1.62. The van der Waals surface area contributed by atoms with Crippen LogP contribution in [0.3, 0.4) is 0 Å². The third kappa shape index (κ3) is 2.15. The van der Waals surface area contributed by atoms with Crippen molar-refractivity contribution in [1.82, 2.24) is 0 Å². The smallest absolute Gasteiger partial charge is 0.318 e. The number of rotatable bonds is 5. The summed E-state index contributed by atoms with van der Waals surface area (Å²) in [5, 5.41) is 22.0. The molecule has 0 amide bonds. The second kappa shape index (κ2) is 5.98. The Labute approximate surface area is 143 Å². The monoisotopic (exact) mass is 349 g/mol. The summed E-state index contributed by atoms with van der Waals surface area (Å²) < 4.78 is 5.20. The molecule has 0 bridgehead atoms. The topological polar surface area (TPSA) is 96.2 Å². The zero-order valence-corrected chi connectivity index (χ0v) is 14.3.